The van der Waals surface area contributed by atoms with E-state index in [1.165, 1.54) is 0 Å². The summed E-state index contributed by atoms with van der Waals surface area (Å²) in [7, 11) is 1.15. The van der Waals surface area contributed by atoms with Gasteiger partial charge in [-0.1, -0.05) is 0 Å². The first kappa shape index (κ1) is 12.5. The first-order valence-corrected chi connectivity index (χ1v) is 4.27. The van der Waals surface area contributed by atoms with Crippen molar-refractivity contribution in [2.24, 2.45) is 5.73 Å². The normalized spacial score (nSPS) is 13.6. The van der Waals surface area contributed by atoms with E-state index >= 15 is 0 Å². The van der Waals surface area contributed by atoms with Crippen molar-refractivity contribution in [3.63, 3.8) is 0 Å². The lowest BCUT2D eigenvalue weighted by Crippen LogP contribution is -2.35. The average molecular weight is 237 g/mol. The Morgan fingerprint density at radius 2 is 2.31 bits per heavy atom. The van der Waals surface area contributed by atoms with Crippen molar-refractivity contribution in [1.29, 1.82) is 0 Å². The molecule has 0 saturated carbocycles. The van der Waals surface area contributed by atoms with Gasteiger partial charge in [-0.2, -0.15) is 18.3 Å². The Kier molecular flexibility index (Phi) is 3.53. The van der Waals surface area contributed by atoms with E-state index in [1.54, 1.807) is 0 Å². The number of alkyl halides is 3. The van der Waals surface area contributed by atoms with Crippen molar-refractivity contribution in [2.45, 2.75) is 18.8 Å². The van der Waals surface area contributed by atoms with Crippen LogP contribution in [-0.4, -0.2) is 28.9 Å². The summed E-state index contributed by atoms with van der Waals surface area (Å²) in [6.45, 7) is -0.164. The van der Waals surface area contributed by atoms with Crippen LogP contribution < -0.4 is 5.73 Å². The van der Waals surface area contributed by atoms with E-state index in [0.717, 1.165) is 18.0 Å². The summed E-state index contributed by atoms with van der Waals surface area (Å²) >= 11 is 0. The molecular weight excluding hydrogens is 227 g/mol. The molecule has 0 aromatic carbocycles. The maximum absolute atomic E-state index is 12.2. The quantitative estimate of drug-likeness (QED) is 0.772. The van der Waals surface area contributed by atoms with Crippen LogP contribution >= 0.6 is 0 Å². The molecule has 0 aliphatic heterocycles. The lowest BCUT2D eigenvalue weighted by Gasteiger charge is -2.08. The molecule has 1 aromatic heterocycles. The zero-order chi connectivity index (χ0) is 12.3. The Morgan fingerprint density at radius 3 is 2.75 bits per heavy atom. The molecule has 1 aromatic rings. The third-order valence-electron chi connectivity index (χ3n) is 1.85. The standard InChI is InChI=1S/C8H10F3N3O2/c1-16-7(15)6(12)4-14-3-5(2-13-14)8(9,10)11/h2-3,6H,4,12H2,1H3. The van der Waals surface area contributed by atoms with Gasteiger partial charge in [0.05, 0.1) is 25.4 Å². The van der Waals surface area contributed by atoms with Crippen LogP contribution in [0.2, 0.25) is 0 Å². The summed E-state index contributed by atoms with van der Waals surface area (Å²) < 4.78 is 41.8. The van der Waals surface area contributed by atoms with Crippen LogP contribution in [0.4, 0.5) is 13.2 Å². The second-order valence-corrected chi connectivity index (χ2v) is 3.08. The van der Waals surface area contributed by atoms with Crippen molar-refractivity contribution in [1.82, 2.24) is 9.78 Å². The summed E-state index contributed by atoms with van der Waals surface area (Å²) in [5.74, 6) is -0.705. The molecule has 0 radical (unpaired) electrons. The van der Waals surface area contributed by atoms with E-state index in [2.05, 4.69) is 9.84 Å². The summed E-state index contributed by atoms with van der Waals surface area (Å²) in [4.78, 5) is 10.9. The maximum atomic E-state index is 12.2. The largest absolute Gasteiger partial charge is 0.468 e. The van der Waals surface area contributed by atoms with Crippen LogP contribution in [-0.2, 0) is 22.3 Å². The van der Waals surface area contributed by atoms with E-state index in [9.17, 15) is 18.0 Å². The van der Waals surface area contributed by atoms with Crippen molar-refractivity contribution < 1.29 is 22.7 Å². The Hall–Kier alpha value is -1.57. The molecule has 5 nitrogen and oxygen atoms in total. The summed E-state index contributed by atoms with van der Waals surface area (Å²) in [5.41, 5.74) is 4.48. The van der Waals surface area contributed by atoms with Gasteiger partial charge in [0.15, 0.2) is 0 Å². The van der Waals surface area contributed by atoms with E-state index in [1.807, 2.05) is 0 Å². The highest BCUT2D eigenvalue weighted by Gasteiger charge is 2.32. The van der Waals surface area contributed by atoms with Gasteiger partial charge >= 0.3 is 12.1 Å². The molecule has 0 aliphatic carbocycles. The van der Waals surface area contributed by atoms with Gasteiger partial charge in [-0.3, -0.25) is 9.48 Å². The molecule has 0 saturated heterocycles. The monoisotopic (exact) mass is 237 g/mol. The Bertz CT molecular complexity index is 375. The fourth-order valence-corrected chi connectivity index (χ4v) is 1.04. The summed E-state index contributed by atoms with van der Waals surface area (Å²) in [5, 5.41) is 3.45. The Balaban J connectivity index is 2.69. The third-order valence-corrected chi connectivity index (χ3v) is 1.85. The van der Waals surface area contributed by atoms with Crippen molar-refractivity contribution in [3.05, 3.63) is 18.0 Å². The van der Waals surface area contributed by atoms with Gasteiger partial charge in [0.1, 0.15) is 6.04 Å². The molecule has 1 atom stereocenters. The molecule has 0 aliphatic rings. The zero-order valence-corrected chi connectivity index (χ0v) is 8.36. The van der Waals surface area contributed by atoms with Gasteiger partial charge in [-0.25, -0.2) is 0 Å². The van der Waals surface area contributed by atoms with E-state index in [4.69, 9.17) is 5.73 Å². The minimum atomic E-state index is -4.45. The number of aromatic nitrogens is 2. The van der Waals surface area contributed by atoms with Crippen molar-refractivity contribution >= 4 is 5.97 Å². The summed E-state index contributed by atoms with van der Waals surface area (Å²) in [6, 6.07) is -1.04. The smallest absolute Gasteiger partial charge is 0.419 e. The fourth-order valence-electron chi connectivity index (χ4n) is 1.04. The van der Waals surface area contributed by atoms with Gasteiger partial charge in [-0.05, 0) is 0 Å². The number of nitrogens with two attached hydrogens (primary N) is 1. The predicted octanol–water partition coefficient (Wildman–Crippen LogP) is 0.402. The number of nitrogens with zero attached hydrogens (tertiary/aromatic N) is 2. The number of hydrogen-bond donors (Lipinski definition) is 1. The van der Waals surface area contributed by atoms with Gasteiger partial charge in [-0.15, -0.1) is 0 Å². The van der Waals surface area contributed by atoms with E-state index in [0.29, 0.717) is 6.20 Å². The molecule has 2 N–H and O–H groups in total. The Labute approximate surface area is 89.0 Å². The van der Waals surface area contributed by atoms with E-state index < -0.39 is 23.8 Å². The molecule has 0 amide bonds. The number of halogens is 3. The van der Waals surface area contributed by atoms with Gasteiger partial charge in [0, 0.05) is 6.20 Å². The van der Waals surface area contributed by atoms with Crippen LogP contribution in [0, 0.1) is 0 Å². The zero-order valence-electron chi connectivity index (χ0n) is 8.36. The molecule has 1 heterocycles. The van der Waals surface area contributed by atoms with Crippen LogP contribution in [0.3, 0.4) is 0 Å². The van der Waals surface area contributed by atoms with Crippen molar-refractivity contribution in [3.8, 4) is 0 Å². The fraction of sp³-hybridized carbons (Fsp3) is 0.500. The first-order chi connectivity index (χ1) is 7.34. The number of ether oxygens (including phenoxy) is 1. The number of rotatable bonds is 3. The highest BCUT2D eigenvalue weighted by Crippen LogP contribution is 2.28. The number of methoxy groups -OCH3 is 1. The number of carbonyl (C=O) groups excluding carboxylic acids is 1. The van der Waals surface area contributed by atoms with Gasteiger partial charge in [0.25, 0.3) is 0 Å². The Morgan fingerprint density at radius 1 is 1.69 bits per heavy atom. The number of esters is 1. The van der Waals surface area contributed by atoms with Crippen LogP contribution in [0.1, 0.15) is 5.56 Å². The second-order valence-electron chi connectivity index (χ2n) is 3.08. The molecule has 1 rings (SSSR count). The van der Waals surface area contributed by atoms with Crippen LogP contribution in [0.5, 0.6) is 0 Å². The van der Waals surface area contributed by atoms with Crippen LogP contribution in [0.15, 0.2) is 12.4 Å². The molecule has 16 heavy (non-hydrogen) atoms. The number of carbonyl (C=O) groups is 1. The summed E-state index contributed by atoms with van der Waals surface area (Å²) in [6.07, 6.45) is -3.00. The highest BCUT2D eigenvalue weighted by atomic mass is 19.4. The predicted molar refractivity (Wildman–Crippen MR) is 47.2 cm³/mol. The molecule has 0 spiro atoms. The van der Waals surface area contributed by atoms with Gasteiger partial charge < -0.3 is 10.5 Å². The van der Waals surface area contributed by atoms with Gasteiger partial charge in [0.2, 0.25) is 0 Å². The minimum absolute atomic E-state index is 0.164. The molecule has 1 unspecified atom stereocenters. The SMILES string of the molecule is COC(=O)C(N)Cn1cc(C(F)(F)F)cn1. The molecular formula is C8H10F3N3O2. The lowest BCUT2D eigenvalue weighted by molar-refractivity contribution is -0.142. The highest BCUT2D eigenvalue weighted by molar-refractivity contribution is 5.75. The topological polar surface area (TPSA) is 70.1 Å². The molecule has 0 fully saturated rings. The third kappa shape index (κ3) is 2.96. The van der Waals surface area contributed by atoms with Crippen LogP contribution in [0.25, 0.3) is 0 Å². The van der Waals surface area contributed by atoms with Crippen molar-refractivity contribution in [2.75, 3.05) is 7.11 Å². The minimum Gasteiger partial charge on any atom is -0.468 e. The molecule has 90 valence electrons. The molecule has 0 bridgehead atoms. The second kappa shape index (κ2) is 4.52. The average Bonchev–Trinajstić information content (AvgIpc) is 2.64. The lowest BCUT2D eigenvalue weighted by atomic mass is 10.3. The van der Waals surface area contributed by atoms with E-state index in [-0.39, 0.29) is 6.54 Å². The first-order valence-electron chi connectivity index (χ1n) is 4.27. The maximum Gasteiger partial charge on any atom is 0.419 e. The molecule has 8 heteroatoms. The number of hydrogen-bond acceptors (Lipinski definition) is 4.